The van der Waals surface area contributed by atoms with Gasteiger partial charge in [0, 0.05) is 13.7 Å². The molecule has 4 heteroatoms. The zero-order chi connectivity index (χ0) is 13.9. The minimum absolute atomic E-state index is 0.715. The summed E-state index contributed by atoms with van der Waals surface area (Å²) in [6.45, 7) is 7.02. The maximum Gasteiger partial charge on any atom is 0.185 e. The molecule has 108 valence electrons. The second kappa shape index (κ2) is 10.3. The van der Waals surface area contributed by atoms with Crippen molar-refractivity contribution in [2.75, 3.05) is 26.5 Å². The quantitative estimate of drug-likeness (QED) is 0.599. The molecule has 3 nitrogen and oxygen atoms in total. The van der Waals surface area contributed by atoms with Gasteiger partial charge in [-0.3, -0.25) is 4.90 Å². The smallest absolute Gasteiger partial charge is 0.185 e. The maximum absolute atomic E-state index is 5.64. The van der Waals surface area contributed by atoms with Crippen LogP contribution in [0.15, 0.2) is 30.3 Å². The SMILES string of the molecule is CCCCN(Cc1ccccc1)CP(OC)OCC. The molecule has 0 radical (unpaired) electrons. The van der Waals surface area contributed by atoms with Gasteiger partial charge in [-0.15, -0.1) is 0 Å². The van der Waals surface area contributed by atoms with Gasteiger partial charge in [-0.05, 0) is 25.5 Å². The van der Waals surface area contributed by atoms with Crippen LogP contribution in [-0.2, 0) is 15.6 Å². The molecule has 0 spiro atoms. The Kier molecular flexibility index (Phi) is 9.02. The average Bonchev–Trinajstić information content (AvgIpc) is 2.45. The molecule has 0 amide bonds. The lowest BCUT2D eigenvalue weighted by atomic mass is 10.2. The van der Waals surface area contributed by atoms with Crippen LogP contribution >= 0.6 is 8.38 Å². The van der Waals surface area contributed by atoms with Gasteiger partial charge in [0.2, 0.25) is 0 Å². The van der Waals surface area contributed by atoms with Crippen LogP contribution in [0.2, 0.25) is 0 Å². The minimum Gasteiger partial charge on any atom is -0.337 e. The minimum atomic E-state index is -0.785. The summed E-state index contributed by atoms with van der Waals surface area (Å²) in [4.78, 5) is 2.43. The molecule has 1 atom stereocenters. The maximum atomic E-state index is 5.64. The lowest BCUT2D eigenvalue weighted by molar-refractivity contribution is 0.249. The van der Waals surface area contributed by atoms with Gasteiger partial charge in [-0.2, -0.15) is 0 Å². The molecular weight excluding hydrogens is 257 g/mol. The van der Waals surface area contributed by atoms with Crippen LogP contribution in [0.4, 0.5) is 0 Å². The molecular formula is C15H26NO2P. The van der Waals surface area contributed by atoms with Crippen LogP contribution in [0.1, 0.15) is 32.3 Å². The zero-order valence-electron chi connectivity index (χ0n) is 12.3. The van der Waals surface area contributed by atoms with Crippen molar-refractivity contribution in [2.45, 2.75) is 33.2 Å². The normalized spacial score (nSPS) is 12.8. The number of benzene rings is 1. The summed E-state index contributed by atoms with van der Waals surface area (Å²) < 4.78 is 11.1. The molecule has 0 bridgehead atoms. The molecule has 0 saturated heterocycles. The Balaban J connectivity index is 2.55. The van der Waals surface area contributed by atoms with Crippen molar-refractivity contribution in [3.63, 3.8) is 0 Å². The summed E-state index contributed by atoms with van der Waals surface area (Å²) in [6.07, 6.45) is 3.31. The number of hydrogen-bond acceptors (Lipinski definition) is 3. The Morgan fingerprint density at radius 3 is 2.47 bits per heavy atom. The van der Waals surface area contributed by atoms with E-state index in [4.69, 9.17) is 9.05 Å². The third-order valence-electron chi connectivity index (χ3n) is 2.87. The van der Waals surface area contributed by atoms with E-state index in [1.807, 2.05) is 6.92 Å². The van der Waals surface area contributed by atoms with Gasteiger partial charge in [-0.1, -0.05) is 43.7 Å². The first-order valence-corrected chi connectivity index (χ1v) is 8.37. The van der Waals surface area contributed by atoms with E-state index in [1.54, 1.807) is 7.11 Å². The third-order valence-corrected chi connectivity index (χ3v) is 4.45. The van der Waals surface area contributed by atoms with Gasteiger partial charge < -0.3 is 9.05 Å². The van der Waals surface area contributed by atoms with Crippen molar-refractivity contribution in [3.8, 4) is 0 Å². The van der Waals surface area contributed by atoms with Crippen LogP contribution < -0.4 is 0 Å². The van der Waals surface area contributed by atoms with Crippen LogP contribution in [0.5, 0.6) is 0 Å². The average molecular weight is 283 g/mol. The number of hydrogen-bond donors (Lipinski definition) is 0. The van der Waals surface area contributed by atoms with E-state index in [9.17, 15) is 0 Å². The van der Waals surface area contributed by atoms with Crippen LogP contribution in [-0.4, -0.2) is 31.4 Å². The molecule has 0 aliphatic rings. The van der Waals surface area contributed by atoms with Gasteiger partial charge in [0.15, 0.2) is 8.38 Å². The van der Waals surface area contributed by atoms with Gasteiger partial charge in [0.05, 0.1) is 12.9 Å². The van der Waals surface area contributed by atoms with Gasteiger partial charge >= 0.3 is 0 Å². The first-order chi connectivity index (χ1) is 9.30. The predicted molar refractivity (Wildman–Crippen MR) is 82.2 cm³/mol. The lowest BCUT2D eigenvalue weighted by Gasteiger charge is -2.25. The summed E-state index contributed by atoms with van der Waals surface area (Å²) in [5.41, 5.74) is 1.35. The molecule has 19 heavy (non-hydrogen) atoms. The van der Waals surface area contributed by atoms with Crippen LogP contribution in [0, 0.1) is 0 Å². The first kappa shape index (κ1) is 16.6. The molecule has 0 aromatic heterocycles. The molecule has 0 saturated carbocycles. The molecule has 0 aliphatic heterocycles. The Labute approximate surface area is 118 Å². The highest BCUT2D eigenvalue weighted by Crippen LogP contribution is 2.38. The highest BCUT2D eigenvalue weighted by Gasteiger charge is 2.14. The Bertz CT molecular complexity index is 321. The van der Waals surface area contributed by atoms with E-state index in [1.165, 1.54) is 18.4 Å². The Morgan fingerprint density at radius 1 is 1.16 bits per heavy atom. The molecule has 0 heterocycles. The van der Waals surface area contributed by atoms with E-state index in [0.29, 0.717) is 6.61 Å². The summed E-state index contributed by atoms with van der Waals surface area (Å²) >= 11 is 0. The largest absolute Gasteiger partial charge is 0.337 e. The fourth-order valence-corrected chi connectivity index (χ4v) is 3.04. The van der Waals surface area contributed by atoms with Gasteiger partial charge in [0.25, 0.3) is 0 Å². The summed E-state index contributed by atoms with van der Waals surface area (Å²) in [7, 11) is 0.953. The second-order valence-corrected chi connectivity index (χ2v) is 6.04. The van der Waals surface area contributed by atoms with Crippen LogP contribution in [0.25, 0.3) is 0 Å². The number of rotatable bonds is 10. The second-order valence-electron chi connectivity index (χ2n) is 4.47. The summed E-state index contributed by atoms with van der Waals surface area (Å²) in [5, 5.41) is 0. The molecule has 0 fully saturated rings. The Hall–Kier alpha value is -0.470. The summed E-state index contributed by atoms with van der Waals surface area (Å²) in [5.74, 6) is 0. The lowest BCUT2D eigenvalue weighted by Crippen LogP contribution is -2.25. The van der Waals surface area contributed by atoms with Gasteiger partial charge in [-0.25, -0.2) is 0 Å². The van der Waals surface area contributed by atoms with Crippen molar-refractivity contribution < 1.29 is 9.05 Å². The first-order valence-electron chi connectivity index (χ1n) is 7.01. The van der Waals surface area contributed by atoms with Crippen LogP contribution in [0.3, 0.4) is 0 Å². The highest BCUT2D eigenvalue weighted by atomic mass is 31.2. The van der Waals surface area contributed by atoms with Crippen molar-refractivity contribution in [3.05, 3.63) is 35.9 Å². The highest BCUT2D eigenvalue weighted by molar-refractivity contribution is 7.47. The third kappa shape index (κ3) is 7.03. The van der Waals surface area contributed by atoms with Crippen molar-refractivity contribution >= 4 is 8.38 Å². The molecule has 1 aromatic carbocycles. The van der Waals surface area contributed by atoms with E-state index < -0.39 is 8.38 Å². The monoisotopic (exact) mass is 283 g/mol. The summed E-state index contributed by atoms with van der Waals surface area (Å²) in [6, 6.07) is 10.6. The standard InChI is InChI=1S/C15H26NO2P/c1-4-6-12-16(14-19(17-3)18-5-2)13-15-10-8-7-9-11-15/h7-11H,4-6,12-14H2,1-3H3. The van der Waals surface area contributed by atoms with Crippen molar-refractivity contribution in [2.24, 2.45) is 0 Å². The van der Waals surface area contributed by atoms with E-state index >= 15 is 0 Å². The van der Waals surface area contributed by atoms with Gasteiger partial charge in [0.1, 0.15) is 0 Å². The Morgan fingerprint density at radius 2 is 1.89 bits per heavy atom. The molecule has 0 N–H and O–H groups in total. The van der Waals surface area contributed by atoms with E-state index in [-0.39, 0.29) is 0 Å². The molecule has 1 aromatic rings. The fraction of sp³-hybridized carbons (Fsp3) is 0.600. The van der Waals surface area contributed by atoms with Crippen molar-refractivity contribution in [1.82, 2.24) is 4.90 Å². The predicted octanol–water partition coefficient (Wildman–Crippen LogP) is 4.24. The topological polar surface area (TPSA) is 21.7 Å². The zero-order valence-corrected chi connectivity index (χ0v) is 13.2. The van der Waals surface area contributed by atoms with E-state index in [2.05, 4.69) is 42.2 Å². The van der Waals surface area contributed by atoms with E-state index in [0.717, 1.165) is 19.4 Å². The molecule has 0 aliphatic carbocycles. The molecule has 1 unspecified atom stereocenters. The fourth-order valence-electron chi connectivity index (χ4n) is 1.88. The molecule has 1 rings (SSSR count). The number of nitrogens with zero attached hydrogens (tertiary/aromatic N) is 1. The van der Waals surface area contributed by atoms with Crippen molar-refractivity contribution in [1.29, 1.82) is 0 Å². The number of unbranched alkanes of at least 4 members (excludes halogenated alkanes) is 1.